The zero-order valence-electron chi connectivity index (χ0n) is 14.0. The maximum Gasteiger partial charge on any atom is 0.334 e. The van der Waals surface area contributed by atoms with E-state index in [9.17, 15) is 9.90 Å². The van der Waals surface area contributed by atoms with Crippen LogP contribution in [0.4, 0.5) is 0 Å². The molecule has 1 aliphatic rings. The molecular formula is C17H23N3O3S. The number of aliphatic hydroxyl groups is 1. The number of rotatable bonds is 5. The number of hydrogen-bond donors (Lipinski definition) is 1. The smallest absolute Gasteiger partial charge is 0.334 e. The summed E-state index contributed by atoms with van der Waals surface area (Å²) in [6.45, 7) is 2.55. The Labute approximate surface area is 145 Å². The van der Waals surface area contributed by atoms with Crippen molar-refractivity contribution < 1.29 is 14.6 Å². The predicted octanol–water partition coefficient (Wildman–Crippen LogP) is 1.89. The first-order chi connectivity index (χ1) is 11.6. The Hall–Kier alpha value is -1.70. The van der Waals surface area contributed by atoms with Crippen LogP contribution in [0.5, 0.6) is 0 Å². The lowest BCUT2D eigenvalue weighted by Gasteiger charge is -2.33. The monoisotopic (exact) mass is 349 g/mol. The second-order valence-electron chi connectivity index (χ2n) is 6.24. The van der Waals surface area contributed by atoms with Gasteiger partial charge in [0.1, 0.15) is 5.69 Å². The van der Waals surface area contributed by atoms with E-state index in [-0.39, 0.29) is 5.92 Å². The number of nitrogens with zero attached hydrogens (tertiary/aromatic N) is 3. The lowest BCUT2D eigenvalue weighted by Crippen LogP contribution is -2.40. The first kappa shape index (κ1) is 17.1. The number of ether oxygens (including phenoxy) is 1. The summed E-state index contributed by atoms with van der Waals surface area (Å²) in [5, 5.41) is 16.6. The van der Waals surface area contributed by atoms with Gasteiger partial charge in [-0.25, -0.2) is 4.79 Å². The number of hydrogen-bond acceptors (Lipinski definition) is 6. The molecule has 0 bridgehead atoms. The Morgan fingerprint density at radius 1 is 1.50 bits per heavy atom. The lowest BCUT2D eigenvalue weighted by molar-refractivity contribution is -0.154. The van der Waals surface area contributed by atoms with E-state index in [2.05, 4.69) is 32.4 Å². The standard InChI is InChI=1S/C17H23N3O3S/c1-19-10-13(15(18-19)14-4-3-9-24-14)11-20-7-5-12(6-8-20)16(21)17(22)23-2/h3-4,9-10,12,16,21H,5-8,11H2,1-2H3. The molecule has 6 nitrogen and oxygen atoms in total. The van der Waals surface area contributed by atoms with Crippen molar-refractivity contribution >= 4 is 17.3 Å². The van der Waals surface area contributed by atoms with Crippen molar-refractivity contribution in [3.05, 3.63) is 29.3 Å². The first-order valence-electron chi connectivity index (χ1n) is 8.13. The van der Waals surface area contributed by atoms with Crippen LogP contribution in [0.1, 0.15) is 18.4 Å². The maximum absolute atomic E-state index is 11.5. The van der Waals surface area contributed by atoms with Gasteiger partial charge in [0.15, 0.2) is 6.10 Å². The highest BCUT2D eigenvalue weighted by Crippen LogP contribution is 2.29. The Bertz CT molecular complexity index is 675. The van der Waals surface area contributed by atoms with Crippen molar-refractivity contribution in [2.75, 3.05) is 20.2 Å². The van der Waals surface area contributed by atoms with Crippen LogP contribution in [0.15, 0.2) is 23.7 Å². The molecule has 1 atom stereocenters. The van der Waals surface area contributed by atoms with Crippen LogP contribution in [-0.2, 0) is 23.1 Å². The summed E-state index contributed by atoms with van der Waals surface area (Å²) in [6.07, 6.45) is 2.66. The molecule has 0 radical (unpaired) electrons. The van der Waals surface area contributed by atoms with Crippen LogP contribution in [0.2, 0.25) is 0 Å². The zero-order chi connectivity index (χ0) is 17.1. The fourth-order valence-electron chi connectivity index (χ4n) is 3.25. The van der Waals surface area contributed by atoms with E-state index in [1.807, 2.05) is 17.8 Å². The highest BCUT2D eigenvalue weighted by atomic mass is 32.1. The van der Waals surface area contributed by atoms with E-state index in [4.69, 9.17) is 0 Å². The number of carbonyl (C=O) groups excluding carboxylic acids is 1. The molecule has 1 saturated heterocycles. The summed E-state index contributed by atoms with van der Waals surface area (Å²) < 4.78 is 6.49. The highest BCUT2D eigenvalue weighted by molar-refractivity contribution is 7.13. The van der Waals surface area contributed by atoms with Crippen molar-refractivity contribution in [2.24, 2.45) is 13.0 Å². The molecule has 2 aromatic heterocycles. The molecule has 130 valence electrons. The van der Waals surface area contributed by atoms with E-state index in [0.717, 1.165) is 38.2 Å². The summed E-state index contributed by atoms with van der Waals surface area (Å²) >= 11 is 1.70. The molecule has 3 heterocycles. The number of piperidine rings is 1. The molecule has 0 aliphatic carbocycles. The van der Waals surface area contributed by atoms with Gasteiger partial charge in [-0.05, 0) is 43.3 Å². The third kappa shape index (κ3) is 3.68. The molecule has 2 aromatic rings. The number of carbonyl (C=O) groups is 1. The largest absolute Gasteiger partial charge is 0.467 e. The minimum absolute atomic E-state index is 0.0145. The quantitative estimate of drug-likeness (QED) is 0.835. The van der Waals surface area contributed by atoms with Gasteiger partial charge in [0.25, 0.3) is 0 Å². The van der Waals surface area contributed by atoms with E-state index < -0.39 is 12.1 Å². The molecule has 1 fully saturated rings. The van der Waals surface area contributed by atoms with Crippen molar-refractivity contribution in [3.8, 4) is 10.6 Å². The molecule has 0 aromatic carbocycles. The SMILES string of the molecule is COC(=O)C(O)C1CCN(Cc2cn(C)nc2-c2cccs2)CC1. The van der Waals surface area contributed by atoms with Crippen molar-refractivity contribution in [1.29, 1.82) is 0 Å². The second kappa shape index (κ2) is 7.46. The minimum Gasteiger partial charge on any atom is -0.467 e. The van der Waals surface area contributed by atoms with Crippen LogP contribution >= 0.6 is 11.3 Å². The zero-order valence-corrected chi connectivity index (χ0v) is 14.8. The normalized spacial score (nSPS) is 17.8. The molecule has 3 rings (SSSR count). The first-order valence-corrected chi connectivity index (χ1v) is 9.01. The van der Waals surface area contributed by atoms with Crippen LogP contribution in [-0.4, -0.2) is 52.1 Å². The highest BCUT2D eigenvalue weighted by Gasteiger charge is 2.30. The molecular weight excluding hydrogens is 326 g/mol. The summed E-state index contributed by atoms with van der Waals surface area (Å²) in [6, 6.07) is 4.13. The van der Waals surface area contributed by atoms with E-state index in [1.54, 1.807) is 11.3 Å². The summed E-state index contributed by atoms with van der Waals surface area (Å²) in [5.41, 5.74) is 2.26. The van der Waals surface area contributed by atoms with Gasteiger partial charge < -0.3 is 9.84 Å². The van der Waals surface area contributed by atoms with Gasteiger partial charge in [-0.3, -0.25) is 9.58 Å². The van der Waals surface area contributed by atoms with Gasteiger partial charge in [0, 0.05) is 25.4 Å². The molecule has 1 N–H and O–H groups in total. The summed E-state index contributed by atoms with van der Waals surface area (Å²) in [5.74, 6) is -0.542. The van der Waals surface area contributed by atoms with Gasteiger partial charge in [-0.1, -0.05) is 6.07 Å². The molecule has 0 spiro atoms. The van der Waals surface area contributed by atoms with E-state index in [1.165, 1.54) is 17.6 Å². The topological polar surface area (TPSA) is 67.6 Å². The molecule has 1 unspecified atom stereocenters. The van der Waals surface area contributed by atoms with Gasteiger partial charge in [0.05, 0.1) is 12.0 Å². The number of aryl methyl sites for hydroxylation is 1. The molecule has 0 saturated carbocycles. The molecule has 0 amide bonds. The Morgan fingerprint density at radius 2 is 2.25 bits per heavy atom. The van der Waals surface area contributed by atoms with Crippen LogP contribution in [0.25, 0.3) is 10.6 Å². The van der Waals surface area contributed by atoms with Gasteiger partial charge in [0.2, 0.25) is 0 Å². The fraction of sp³-hybridized carbons (Fsp3) is 0.529. The Balaban J connectivity index is 1.62. The summed E-state index contributed by atoms with van der Waals surface area (Å²) in [4.78, 5) is 15.0. The van der Waals surface area contributed by atoms with Crippen LogP contribution in [0, 0.1) is 5.92 Å². The second-order valence-corrected chi connectivity index (χ2v) is 7.18. The minimum atomic E-state index is -1.00. The number of aromatic nitrogens is 2. The third-order valence-corrected chi connectivity index (χ3v) is 5.45. The number of methoxy groups -OCH3 is 1. The van der Waals surface area contributed by atoms with Crippen LogP contribution < -0.4 is 0 Å². The van der Waals surface area contributed by atoms with Gasteiger partial charge in [-0.2, -0.15) is 5.10 Å². The Kier molecular flexibility index (Phi) is 5.33. The average molecular weight is 349 g/mol. The van der Waals surface area contributed by atoms with Gasteiger partial charge >= 0.3 is 5.97 Å². The van der Waals surface area contributed by atoms with Crippen molar-refractivity contribution in [1.82, 2.24) is 14.7 Å². The molecule has 1 aliphatic heterocycles. The fourth-order valence-corrected chi connectivity index (χ4v) is 4.00. The van der Waals surface area contributed by atoms with E-state index >= 15 is 0 Å². The molecule has 24 heavy (non-hydrogen) atoms. The number of aliphatic hydroxyl groups excluding tert-OH is 1. The molecule has 7 heteroatoms. The Morgan fingerprint density at radius 3 is 2.88 bits per heavy atom. The average Bonchev–Trinajstić information content (AvgIpc) is 3.23. The summed E-state index contributed by atoms with van der Waals surface area (Å²) in [7, 11) is 3.26. The number of thiophene rings is 1. The van der Waals surface area contributed by atoms with E-state index in [0.29, 0.717) is 0 Å². The third-order valence-electron chi connectivity index (χ3n) is 4.57. The van der Waals surface area contributed by atoms with Crippen LogP contribution in [0.3, 0.4) is 0 Å². The lowest BCUT2D eigenvalue weighted by atomic mass is 9.91. The maximum atomic E-state index is 11.5. The number of esters is 1. The van der Waals surface area contributed by atoms with Crippen molar-refractivity contribution in [2.45, 2.75) is 25.5 Å². The number of likely N-dealkylation sites (tertiary alicyclic amines) is 1. The predicted molar refractivity (Wildman–Crippen MR) is 92.5 cm³/mol. The van der Waals surface area contributed by atoms with Crippen molar-refractivity contribution in [3.63, 3.8) is 0 Å². The van der Waals surface area contributed by atoms with Gasteiger partial charge in [-0.15, -0.1) is 11.3 Å².